The average molecular weight is 549 g/mol. The Morgan fingerprint density at radius 3 is 2.56 bits per heavy atom. The quantitative estimate of drug-likeness (QED) is 0.371. The smallest absolute Gasteiger partial charge is 0.243 e. The van der Waals surface area contributed by atoms with E-state index in [1.807, 2.05) is 42.6 Å². The molecule has 1 atom stereocenters. The summed E-state index contributed by atoms with van der Waals surface area (Å²) in [5.41, 5.74) is 2.19. The van der Waals surface area contributed by atoms with Gasteiger partial charge in [0.25, 0.3) is 0 Å². The zero-order chi connectivity index (χ0) is 25.7. The fourth-order valence-electron chi connectivity index (χ4n) is 4.16. The molecule has 0 bridgehead atoms. The fourth-order valence-corrected chi connectivity index (χ4v) is 6.59. The minimum atomic E-state index is -3.93. The molecule has 0 unspecified atom stereocenters. The number of aryl methyl sites for hydroxylation is 1. The molecule has 1 aliphatic heterocycles. The molecule has 2 heterocycles. The van der Waals surface area contributed by atoms with E-state index in [2.05, 4.69) is 0 Å². The predicted octanol–water partition coefficient (Wildman–Crippen LogP) is 4.55. The van der Waals surface area contributed by atoms with Gasteiger partial charge >= 0.3 is 0 Å². The van der Waals surface area contributed by atoms with Gasteiger partial charge in [0, 0.05) is 30.1 Å². The fraction of sp³-hybridized carbons (Fsp3) is 0.346. The number of ether oxygens (including phenoxy) is 2. The van der Waals surface area contributed by atoms with Crippen LogP contribution in [0.1, 0.15) is 22.0 Å². The van der Waals surface area contributed by atoms with Gasteiger partial charge < -0.3 is 14.4 Å². The van der Waals surface area contributed by atoms with Crippen LogP contribution in [0.15, 0.2) is 64.9 Å². The van der Waals surface area contributed by atoms with Gasteiger partial charge in [-0.25, -0.2) is 8.42 Å². The molecule has 2 aromatic carbocycles. The summed E-state index contributed by atoms with van der Waals surface area (Å²) in [6.07, 6.45) is 0.724. The Balaban J connectivity index is 1.55. The molecule has 4 rings (SSSR count). The average Bonchev–Trinajstić information content (AvgIpc) is 3.35. The minimum absolute atomic E-state index is 0.0509. The molecular weight excluding hydrogens is 520 g/mol. The van der Waals surface area contributed by atoms with E-state index in [1.165, 1.54) is 40.6 Å². The Hall–Kier alpha value is -2.43. The standard InChI is InChI=1S/C26H29ClN2O5S2/c1-19-3-7-21(8-4-19)34-18-24-23-12-16-35-25(23)11-13-29(24)26(30)17-28(14-15-33-2)36(31,32)22-9-5-20(27)6-10-22/h3-10,12,16,24H,11,13-15,17-18H2,1-2H3/t24-/m1/s1. The molecule has 0 spiro atoms. The molecule has 1 amide bonds. The summed E-state index contributed by atoms with van der Waals surface area (Å²) in [6.45, 7) is 2.70. The van der Waals surface area contributed by atoms with E-state index in [-0.39, 0.29) is 43.1 Å². The van der Waals surface area contributed by atoms with Crippen molar-refractivity contribution in [2.24, 2.45) is 0 Å². The number of carbonyl (C=O) groups is 1. The van der Waals surface area contributed by atoms with Crippen LogP contribution in [0, 0.1) is 6.92 Å². The van der Waals surface area contributed by atoms with E-state index in [0.29, 0.717) is 11.6 Å². The van der Waals surface area contributed by atoms with E-state index in [1.54, 1.807) is 16.2 Å². The van der Waals surface area contributed by atoms with Crippen LogP contribution in [0.5, 0.6) is 5.75 Å². The number of amides is 1. The summed E-state index contributed by atoms with van der Waals surface area (Å²) in [4.78, 5) is 16.6. The highest BCUT2D eigenvalue weighted by Gasteiger charge is 2.35. The van der Waals surface area contributed by atoms with Crippen molar-refractivity contribution < 1.29 is 22.7 Å². The summed E-state index contributed by atoms with van der Waals surface area (Å²) in [5, 5.41) is 2.46. The molecule has 7 nitrogen and oxygen atoms in total. The van der Waals surface area contributed by atoms with Crippen molar-refractivity contribution in [3.63, 3.8) is 0 Å². The van der Waals surface area contributed by atoms with Crippen LogP contribution in [0.4, 0.5) is 0 Å². The Morgan fingerprint density at radius 1 is 1.14 bits per heavy atom. The Morgan fingerprint density at radius 2 is 1.86 bits per heavy atom. The second kappa shape index (κ2) is 11.7. The van der Waals surface area contributed by atoms with Crippen molar-refractivity contribution in [1.82, 2.24) is 9.21 Å². The number of hydrogen-bond donors (Lipinski definition) is 0. The second-order valence-corrected chi connectivity index (χ2v) is 11.9. The van der Waals surface area contributed by atoms with Crippen molar-refractivity contribution in [2.45, 2.75) is 24.3 Å². The molecule has 0 fully saturated rings. The lowest BCUT2D eigenvalue weighted by atomic mass is 10.0. The van der Waals surface area contributed by atoms with E-state index >= 15 is 0 Å². The summed E-state index contributed by atoms with van der Waals surface area (Å²) in [5.74, 6) is 0.445. The molecule has 36 heavy (non-hydrogen) atoms. The largest absolute Gasteiger partial charge is 0.491 e. The highest BCUT2D eigenvalue weighted by molar-refractivity contribution is 7.89. The normalized spacial score (nSPS) is 15.7. The van der Waals surface area contributed by atoms with Crippen LogP contribution in [0.2, 0.25) is 5.02 Å². The number of nitrogens with zero attached hydrogens (tertiary/aromatic N) is 2. The topological polar surface area (TPSA) is 76.2 Å². The molecule has 1 aromatic heterocycles. The highest BCUT2D eigenvalue weighted by Crippen LogP contribution is 2.34. The monoisotopic (exact) mass is 548 g/mol. The third kappa shape index (κ3) is 6.10. The second-order valence-electron chi connectivity index (χ2n) is 8.56. The van der Waals surface area contributed by atoms with Crippen molar-refractivity contribution in [3.8, 4) is 5.75 Å². The number of thiophene rings is 1. The maximum atomic E-state index is 13.6. The van der Waals surface area contributed by atoms with Crippen LogP contribution >= 0.6 is 22.9 Å². The number of fused-ring (bicyclic) bond motifs is 1. The lowest BCUT2D eigenvalue weighted by Crippen LogP contribution is -2.48. The third-order valence-electron chi connectivity index (χ3n) is 6.15. The molecule has 0 saturated heterocycles. The first-order valence-corrected chi connectivity index (χ1v) is 14.3. The van der Waals surface area contributed by atoms with Gasteiger partial charge in [-0.1, -0.05) is 29.3 Å². The molecule has 192 valence electrons. The SMILES string of the molecule is COCCN(CC(=O)N1CCc2sccc2[C@H]1COc1ccc(C)cc1)S(=O)(=O)c1ccc(Cl)cc1. The summed E-state index contributed by atoms with van der Waals surface area (Å²) in [7, 11) is -2.44. The molecule has 0 aliphatic carbocycles. The van der Waals surface area contributed by atoms with Crippen LogP contribution in [0.3, 0.4) is 0 Å². The summed E-state index contributed by atoms with van der Waals surface area (Å²) in [6, 6.07) is 15.4. The van der Waals surface area contributed by atoms with E-state index in [0.717, 1.165) is 23.3 Å². The maximum Gasteiger partial charge on any atom is 0.243 e. The number of carbonyl (C=O) groups excluding carboxylic acids is 1. The molecule has 0 saturated carbocycles. The first-order chi connectivity index (χ1) is 17.3. The Kier molecular flexibility index (Phi) is 8.69. The number of benzene rings is 2. The van der Waals surface area contributed by atoms with Gasteiger partial charge in [-0.15, -0.1) is 11.3 Å². The first kappa shape index (κ1) is 26.6. The van der Waals surface area contributed by atoms with Gasteiger partial charge in [0.1, 0.15) is 12.4 Å². The molecule has 10 heteroatoms. The lowest BCUT2D eigenvalue weighted by molar-refractivity contribution is -0.135. The van der Waals surface area contributed by atoms with Crippen LogP contribution in [0.25, 0.3) is 0 Å². The van der Waals surface area contributed by atoms with Crippen molar-refractivity contribution in [2.75, 3.05) is 40.0 Å². The predicted molar refractivity (Wildman–Crippen MR) is 141 cm³/mol. The zero-order valence-corrected chi connectivity index (χ0v) is 22.6. The van der Waals surface area contributed by atoms with E-state index in [9.17, 15) is 13.2 Å². The zero-order valence-electron chi connectivity index (χ0n) is 20.2. The molecule has 3 aromatic rings. The van der Waals surface area contributed by atoms with Gasteiger partial charge in [0.2, 0.25) is 15.9 Å². The molecule has 1 aliphatic rings. The van der Waals surface area contributed by atoms with Gasteiger partial charge in [0.15, 0.2) is 0 Å². The summed E-state index contributed by atoms with van der Waals surface area (Å²) < 4.78 is 39.1. The number of hydrogen-bond acceptors (Lipinski definition) is 6. The van der Waals surface area contributed by atoms with Gasteiger partial charge in [-0.3, -0.25) is 4.79 Å². The molecule has 0 N–H and O–H groups in total. The number of rotatable bonds is 10. The van der Waals surface area contributed by atoms with E-state index in [4.69, 9.17) is 21.1 Å². The van der Waals surface area contributed by atoms with Crippen molar-refractivity contribution >= 4 is 38.9 Å². The number of sulfonamides is 1. The number of methoxy groups -OCH3 is 1. The number of halogens is 1. The first-order valence-electron chi connectivity index (χ1n) is 11.6. The van der Waals surface area contributed by atoms with Crippen molar-refractivity contribution in [1.29, 1.82) is 0 Å². The van der Waals surface area contributed by atoms with Crippen molar-refractivity contribution in [3.05, 3.63) is 81.0 Å². The van der Waals surface area contributed by atoms with Gasteiger partial charge in [0.05, 0.1) is 24.1 Å². The van der Waals surface area contributed by atoms with Crippen LogP contribution in [-0.4, -0.2) is 63.5 Å². The Labute approximate surface area is 221 Å². The van der Waals surface area contributed by atoms with Gasteiger partial charge in [-0.05, 0) is 66.8 Å². The maximum absolute atomic E-state index is 13.6. The van der Waals surface area contributed by atoms with Gasteiger partial charge in [-0.2, -0.15) is 4.31 Å². The molecule has 0 radical (unpaired) electrons. The lowest BCUT2D eigenvalue weighted by Gasteiger charge is -2.37. The Bertz CT molecular complexity index is 1280. The van der Waals surface area contributed by atoms with Crippen LogP contribution in [-0.2, 0) is 26.0 Å². The summed E-state index contributed by atoms with van der Waals surface area (Å²) >= 11 is 7.61. The third-order valence-corrected chi connectivity index (χ3v) is 9.26. The van der Waals surface area contributed by atoms with E-state index < -0.39 is 10.0 Å². The van der Waals surface area contributed by atoms with Crippen LogP contribution < -0.4 is 4.74 Å². The minimum Gasteiger partial charge on any atom is -0.491 e. The molecular formula is C26H29ClN2O5S2. The highest BCUT2D eigenvalue weighted by atomic mass is 35.5.